The summed E-state index contributed by atoms with van der Waals surface area (Å²) in [7, 11) is 1.60. The lowest BCUT2D eigenvalue weighted by atomic mass is 10.1. The highest BCUT2D eigenvalue weighted by atomic mass is 16.6. The zero-order valence-electron chi connectivity index (χ0n) is 18.5. The van der Waals surface area contributed by atoms with Crippen molar-refractivity contribution in [3.63, 3.8) is 0 Å². The first-order valence-corrected chi connectivity index (χ1v) is 10.9. The number of allylic oxidation sites excluding steroid dienone is 1. The van der Waals surface area contributed by atoms with Crippen molar-refractivity contribution in [1.29, 1.82) is 0 Å². The number of ether oxygens (including phenoxy) is 3. The summed E-state index contributed by atoms with van der Waals surface area (Å²) in [5, 5.41) is 10.7. The van der Waals surface area contributed by atoms with Crippen LogP contribution in [-0.2, 0) is 24.2 Å². The molecule has 0 spiro atoms. The van der Waals surface area contributed by atoms with E-state index in [4.69, 9.17) is 14.2 Å². The Kier molecular flexibility index (Phi) is 7.15. The molecule has 0 bridgehead atoms. The van der Waals surface area contributed by atoms with E-state index >= 15 is 0 Å². The van der Waals surface area contributed by atoms with Crippen molar-refractivity contribution in [2.24, 2.45) is 0 Å². The first kappa shape index (κ1) is 22.3. The van der Waals surface area contributed by atoms with Crippen molar-refractivity contribution >= 4 is 6.09 Å². The van der Waals surface area contributed by atoms with Gasteiger partial charge in [0.25, 0.3) is 0 Å². The highest BCUT2D eigenvalue weighted by molar-refractivity contribution is 5.72. The van der Waals surface area contributed by atoms with Crippen molar-refractivity contribution in [3.8, 4) is 11.5 Å². The minimum atomic E-state index is -0.536. The van der Waals surface area contributed by atoms with E-state index in [9.17, 15) is 9.90 Å². The van der Waals surface area contributed by atoms with Gasteiger partial charge in [0, 0.05) is 0 Å². The molecule has 1 fully saturated rings. The third-order valence-corrected chi connectivity index (χ3v) is 5.51. The average molecular weight is 446 g/mol. The van der Waals surface area contributed by atoms with Gasteiger partial charge in [0.1, 0.15) is 13.2 Å². The zero-order chi connectivity index (χ0) is 23.0. The summed E-state index contributed by atoms with van der Waals surface area (Å²) in [5.74, 6) is 1.14. The normalized spacial score (nSPS) is 15.9. The highest BCUT2D eigenvalue weighted by Gasteiger charge is 2.35. The van der Waals surface area contributed by atoms with Crippen molar-refractivity contribution < 1.29 is 24.1 Å². The fourth-order valence-corrected chi connectivity index (χ4v) is 3.78. The molecule has 3 aromatic rings. The Morgan fingerprint density at radius 2 is 1.70 bits per heavy atom. The molecule has 1 heterocycles. The Balaban J connectivity index is 1.45. The van der Waals surface area contributed by atoms with Gasteiger partial charge in [-0.1, -0.05) is 66.7 Å². The molecule has 1 aliphatic heterocycles. The number of carbonyl (C=O) groups is 1. The van der Waals surface area contributed by atoms with Crippen LogP contribution in [0.5, 0.6) is 11.5 Å². The lowest BCUT2D eigenvalue weighted by Gasteiger charge is -2.20. The predicted octanol–water partition coefficient (Wildman–Crippen LogP) is 5.28. The minimum Gasteiger partial charge on any atom is -0.495 e. The van der Waals surface area contributed by atoms with E-state index in [2.05, 4.69) is 0 Å². The van der Waals surface area contributed by atoms with Gasteiger partial charge in [-0.2, -0.15) is 0 Å². The van der Waals surface area contributed by atoms with Crippen molar-refractivity contribution in [2.45, 2.75) is 25.5 Å². The molecule has 0 aliphatic carbocycles. The van der Waals surface area contributed by atoms with E-state index in [0.717, 1.165) is 16.7 Å². The Morgan fingerprint density at radius 3 is 2.39 bits per heavy atom. The van der Waals surface area contributed by atoms with Gasteiger partial charge in [-0.05, 0) is 47.7 Å². The van der Waals surface area contributed by atoms with Crippen LogP contribution in [0.3, 0.4) is 0 Å². The van der Waals surface area contributed by atoms with Crippen LogP contribution in [0.1, 0.15) is 16.7 Å². The molecule has 1 amide bonds. The molecule has 6 heteroatoms. The molecule has 170 valence electrons. The fourth-order valence-electron chi connectivity index (χ4n) is 3.78. The monoisotopic (exact) mass is 445 g/mol. The number of rotatable bonds is 9. The van der Waals surface area contributed by atoms with Crippen molar-refractivity contribution in [2.75, 3.05) is 13.7 Å². The summed E-state index contributed by atoms with van der Waals surface area (Å²) in [6.07, 6.45) is 2.10. The molecule has 6 nitrogen and oxygen atoms in total. The third-order valence-electron chi connectivity index (χ3n) is 5.51. The maximum Gasteiger partial charge on any atom is 0.417 e. The number of hydrogen-bond acceptors (Lipinski definition) is 5. The second-order valence-corrected chi connectivity index (χ2v) is 7.82. The van der Waals surface area contributed by atoms with Gasteiger partial charge < -0.3 is 19.3 Å². The van der Waals surface area contributed by atoms with Crippen LogP contribution in [0.15, 0.2) is 90.8 Å². The molecule has 3 aromatic carbocycles. The van der Waals surface area contributed by atoms with Crippen molar-refractivity contribution in [3.05, 3.63) is 108 Å². The molecule has 33 heavy (non-hydrogen) atoms. The van der Waals surface area contributed by atoms with Crippen LogP contribution in [0.4, 0.5) is 4.79 Å². The molecule has 0 aromatic heterocycles. The third kappa shape index (κ3) is 5.66. The van der Waals surface area contributed by atoms with Gasteiger partial charge in [-0.3, -0.25) is 0 Å². The molecule has 1 saturated heterocycles. The molecule has 0 saturated carbocycles. The Labute approximate surface area is 193 Å². The molecule has 1 aliphatic rings. The summed E-state index contributed by atoms with van der Waals surface area (Å²) in [4.78, 5) is 13.6. The second-order valence-electron chi connectivity index (χ2n) is 7.82. The Bertz CT molecular complexity index is 1100. The number of hydrogen-bond donors (Lipinski definition) is 1. The van der Waals surface area contributed by atoms with E-state index in [1.165, 1.54) is 4.90 Å². The fraction of sp³-hybridized carbons (Fsp3) is 0.222. The van der Waals surface area contributed by atoms with Gasteiger partial charge in [0.2, 0.25) is 0 Å². The quantitative estimate of drug-likeness (QED) is 0.454. The maximum absolute atomic E-state index is 12.3. The summed E-state index contributed by atoms with van der Waals surface area (Å²) in [5.41, 5.74) is 3.05. The molecule has 0 radical (unpaired) electrons. The standard InChI is InChI=1S/C27H27NO5/c1-31-24-14-12-21(17-25(24)32-18-22-10-6-3-7-11-22)13-15-26(29)28-23(19-33-27(28)30)16-20-8-4-2-5-9-20/h2-12,14-15,17,23,29H,13,16,18-19H2,1H3/b26-15-/t23-/m0/s1. The second kappa shape index (κ2) is 10.6. The van der Waals surface area contributed by atoms with E-state index in [1.54, 1.807) is 13.2 Å². The minimum absolute atomic E-state index is 0.110. The first-order valence-electron chi connectivity index (χ1n) is 10.9. The summed E-state index contributed by atoms with van der Waals surface area (Å²) >= 11 is 0. The summed E-state index contributed by atoms with van der Waals surface area (Å²) in [6, 6.07) is 25.1. The Morgan fingerprint density at radius 1 is 1.00 bits per heavy atom. The van der Waals surface area contributed by atoms with Gasteiger partial charge in [-0.25, -0.2) is 9.69 Å². The van der Waals surface area contributed by atoms with Crippen LogP contribution in [0.25, 0.3) is 0 Å². The number of cyclic esters (lactones) is 1. The molecule has 4 rings (SSSR count). The van der Waals surface area contributed by atoms with Gasteiger partial charge in [0.15, 0.2) is 17.4 Å². The SMILES string of the molecule is COc1ccc(C/C=C(\O)N2C(=O)OC[C@@H]2Cc2ccccc2)cc1OCc1ccccc1. The molecule has 1 N–H and O–H groups in total. The molecular formula is C27H27NO5. The van der Waals surface area contributed by atoms with Crippen LogP contribution < -0.4 is 9.47 Å². The van der Waals surface area contributed by atoms with E-state index in [-0.39, 0.29) is 18.5 Å². The van der Waals surface area contributed by atoms with Crippen LogP contribution in [0.2, 0.25) is 0 Å². The van der Waals surface area contributed by atoms with Gasteiger partial charge >= 0.3 is 6.09 Å². The van der Waals surface area contributed by atoms with Crippen molar-refractivity contribution in [1.82, 2.24) is 4.90 Å². The number of methoxy groups -OCH3 is 1. The van der Waals surface area contributed by atoms with Gasteiger partial charge in [-0.15, -0.1) is 0 Å². The summed E-state index contributed by atoms with van der Waals surface area (Å²) in [6.45, 7) is 0.661. The highest BCUT2D eigenvalue weighted by Crippen LogP contribution is 2.29. The van der Waals surface area contributed by atoms with E-state index in [0.29, 0.717) is 30.9 Å². The van der Waals surface area contributed by atoms with Gasteiger partial charge in [0.05, 0.1) is 13.2 Å². The average Bonchev–Trinajstić information content (AvgIpc) is 3.22. The number of aliphatic hydroxyl groups excluding tert-OH is 1. The summed E-state index contributed by atoms with van der Waals surface area (Å²) < 4.78 is 16.6. The largest absolute Gasteiger partial charge is 0.495 e. The zero-order valence-corrected chi connectivity index (χ0v) is 18.5. The Hall–Kier alpha value is -3.93. The number of amides is 1. The molecule has 1 atom stereocenters. The lowest BCUT2D eigenvalue weighted by molar-refractivity contribution is 0.149. The first-order chi connectivity index (χ1) is 16.1. The van der Waals surface area contributed by atoms with Crippen LogP contribution in [-0.4, -0.2) is 35.9 Å². The topological polar surface area (TPSA) is 68.2 Å². The number of aliphatic hydroxyl groups is 1. The predicted molar refractivity (Wildman–Crippen MR) is 125 cm³/mol. The molecular weight excluding hydrogens is 418 g/mol. The van der Waals surface area contributed by atoms with E-state index in [1.807, 2.05) is 78.9 Å². The molecule has 0 unspecified atom stereocenters. The van der Waals surface area contributed by atoms with Crippen LogP contribution >= 0.6 is 0 Å². The van der Waals surface area contributed by atoms with Crippen LogP contribution in [0, 0.1) is 0 Å². The number of carbonyl (C=O) groups excluding carboxylic acids is 1. The smallest absolute Gasteiger partial charge is 0.417 e. The van der Waals surface area contributed by atoms with E-state index < -0.39 is 6.09 Å². The maximum atomic E-state index is 12.3. The number of benzene rings is 3. The number of nitrogens with zero attached hydrogens (tertiary/aromatic N) is 1. The lowest BCUT2D eigenvalue weighted by Crippen LogP contribution is -2.34.